The van der Waals surface area contributed by atoms with Crippen LogP contribution in [0.3, 0.4) is 0 Å². The van der Waals surface area contributed by atoms with Crippen molar-refractivity contribution >= 4 is 27.5 Å². The van der Waals surface area contributed by atoms with E-state index in [1.165, 1.54) is 29.4 Å². The Balaban J connectivity index is 1.44. The van der Waals surface area contributed by atoms with Gasteiger partial charge in [-0.05, 0) is 42.7 Å². The zero-order valence-corrected chi connectivity index (χ0v) is 19.4. The Bertz CT molecular complexity index is 1060. The van der Waals surface area contributed by atoms with Gasteiger partial charge in [0.1, 0.15) is 10.9 Å². The molecule has 172 valence electrons. The average molecular weight is 478 g/mol. The third-order valence-corrected chi connectivity index (χ3v) is 9.05. The number of nitrogens with zero attached hydrogens (tertiary/aromatic N) is 3. The molecule has 0 bridgehead atoms. The number of halogens is 1. The highest BCUT2D eigenvalue weighted by Crippen LogP contribution is 2.46. The molecule has 2 aliphatic rings. The summed E-state index contributed by atoms with van der Waals surface area (Å²) in [7, 11) is -3.65. The maximum absolute atomic E-state index is 13.2. The minimum absolute atomic E-state index is 0.123. The predicted octanol–water partition coefficient (Wildman–Crippen LogP) is 3.33. The Labute approximate surface area is 193 Å². The first kappa shape index (κ1) is 22.9. The highest BCUT2D eigenvalue weighted by molar-refractivity contribution is 7.89. The Morgan fingerprint density at radius 2 is 2.06 bits per heavy atom. The van der Waals surface area contributed by atoms with Crippen LogP contribution in [0.15, 0.2) is 43.1 Å². The molecule has 10 heteroatoms. The molecule has 1 amide bonds. The molecule has 1 aliphatic carbocycles. The number of nitrogens with one attached hydrogen (secondary N) is 2. The molecule has 1 unspecified atom stereocenters. The van der Waals surface area contributed by atoms with E-state index in [0.717, 1.165) is 6.42 Å². The quantitative estimate of drug-likeness (QED) is 0.538. The monoisotopic (exact) mass is 477 g/mol. The number of sulfonamides is 1. The first-order valence-electron chi connectivity index (χ1n) is 10.8. The number of carbonyl (C=O) groups is 1. The van der Waals surface area contributed by atoms with Crippen LogP contribution in [0.25, 0.3) is 0 Å². The van der Waals surface area contributed by atoms with Gasteiger partial charge in [0.05, 0.1) is 16.8 Å². The molecule has 1 saturated heterocycles. The second kappa shape index (κ2) is 9.33. The molecule has 0 radical (unpaired) electrons. The van der Waals surface area contributed by atoms with Crippen LogP contribution in [0.1, 0.15) is 53.4 Å². The average Bonchev–Trinajstić information content (AvgIpc) is 3.43. The Hall–Kier alpha value is -2.23. The van der Waals surface area contributed by atoms with Crippen molar-refractivity contribution < 1.29 is 13.2 Å². The summed E-state index contributed by atoms with van der Waals surface area (Å²) in [6.07, 6.45) is 7.58. The van der Waals surface area contributed by atoms with E-state index in [1.54, 1.807) is 24.3 Å². The van der Waals surface area contributed by atoms with Gasteiger partial charge in [0, 0.05) is 19.6 Å². The highest BCUT2D eigenvalue weighted by atomic mass is 35.5. The molecule has 2 heterocycles. The maximum Gasteiger partial charge on any atom is 0.252 e. The lowest BCUT2D eigenvalue weighted by molar-refractivity contribution is 0.0871. The zero-order valence-electron chi connectivity index (χ0n) is 17.8. The van der Waals surface area contributed by atoms with E-state index in [1.807, 2.05) is 0 Å². The van der Waals surface area contributed by atoms with Crippen molar-refractivity contribution in [3.63, 3.8) is 0 Å². The normalized spacial score (nSPS) is 19.9. The number of aromatic amines is 1. The number of benzene rings is 1. The fraction of sp³-hybridized carbons (Fsp3) is 0.500. The summed E-state index contributed by atoms with van der Waals surface area (Å²) in [6.45, 7) is 5.01. The van der Waals surface area contributed by atoms with E-state index >= 15 is 0 Å². The van der Waals surface area contributed by atoms with Crippen molar-refractivity contribution in [3.8, 4) is 0 Å². The number of hydrogen-bond donors (Lipinski definition) is 2. The number of hydrogen-bond acceptors (Lipinski definition) is 5. The van der Waals surface area contributed by atoms with Crippen LogP contribution in [0.5, 0.6) is 0 Å². The zero-order chi connectivity index (χ0) is 22.8. The van der Waals surface area contributed by atoms with E-state index in [9.17, 15) is 13.2 Å². The predicted molar refractivity (Wildman–Crippen MR) is 123 cm³/mol. The lowest BCUT2D eigenvalue weighted by Crippen LogP contribution is -2.49. The van der Waals surface area contributed by atoms with Gasteiger partial charge in [0.25, 0.3) is 5.91 Å². The van der Waals surface area contributed by atoms with Crippen LogP contribution in [-0.4, -0.2) is 53.7 Å². The molecule has 2 N–H and O–H groups in total. The van der Waals surface area contributed by atoms with Gasteiger partial charge in [-0.3, -0.25) is 4.79 Å². The number of aromatic nitrogens is 3. The second-order valence-electron chi connectivity index (χ2n) is 8.81. The van der Waals surface area contributed by atoms with E-state index in [-0.39, 0.29) is 11.3 Å². The van der Waals surface area contributed by atoms with Gasteiger partial charge >= 0.3 is 0 Å². The summed E-state index contributed by atoms with van der Waals surface area (Å²) in [5.41, 5.74) is 0.667. The Morgan fingerprint density at radius 3 is 2.66 bits per heavy atom. The van der Waals surface area contributed by atoms with Crippen molar-refractivity contribution in [1.82, 2.24) is 25.0 Å². The molecule has 2 fully saturated rings. The molecular weight excluding hydrogens is 450 g/mol. The number of amides is 1. The molecule has 8 nitrogen and oxygen atoms in total. The minimum atomic E-state index is -3.65. The Kier molecular flexibility index (Phi) is 6.69. The maximum atomic E-state index is 13.2. The number of carbonyl (C=O) groups excluding carboxylic acids is 1. The van der Waals surface area contributed by atoms with Crippen LogP contribution in [0, 0.1) is 11.3 Å². The van der Waals surface area contributed by atoms with Crippen LogP contribution < -0.4 is 5.32 Å². The Morgan fingerprint density at radius 1 is 1.34 bits per heavy atom. The van der Waals surface area contributed by atoms with E-state index in [0.29, 0.717) is 54.7 Å². The fourth-order valence-electron chi connectivity index (χ4n) is 4.51. The first-order chi connectivity index (χ1) is 15.3. The van der Waals surface area contributed by atoms with Crippen molar-refractivity contribution in [1.29, 1.82) is 0 Å². The molecule has 1 aromatic heterocycles. The van der Waals surface area contributed by atoms with Crippen molar-refractivity contribution in [2.45, 2.75) is 37.4 Å². The van der Waals surface area contributed by atoms with Gasteiger partial charge in [0.2, 0.25) is 10.0 Å². The van der Waals surface area contributed by atoms with Gasteiger partial charge in [-0.25, -0.2) is 12.7 Å². The third kappa shape index (κ3) is 4.89. The number of piperidine rings is 1. The fourth-order valence-corrected chi connectivity index (χ4v) is 6.41. The van der Waals surface area contributed by atoms with E-state index in [2.05, 4.69) is 27.3 Å². The van der Waals surface area contributed by atoms with Crippen molar-refractivity contribution in [3.05, 3.63) is 59.4 Å². The first-order valence-corrected chi connectivity index (χ1v) is 12.7. The molecule has 1 atom stereocenters. The molecule has 4 rings (SSSR count). The summed E-state index contributed by atoms with van der Waals surface area (Å²) in [5, 5.41) is 12.7. The van der Waals surface area contributed by atoms with Gasteiger partial charge in [0.15, 0.2) is 0 Å². The second-order valence-corrected chi connectivity index (χ2v) is 11.3. The van der Waals surface area contributed by atoms with Gasteiger partial charge < -0.3 is 5.32 Å². The van der Waals surface area contributed by atoms with Gasteiger partial charge in [-0.15, -0.1) is 6.58 Å². The largest absolute Gasteiger partial charge is 0.351 e. The lowest BCUT2D eigenvalue weighted by atomic mass is 9.74. The molecule has 1 saturated carbocycles. The standard InChI is InChI=1S/C22H28ClN5O3S/c1-2-20(19-14-25-27-26-19)32(30,31)28-11-9-22(10-12-28,13-16-7-8-16)15-24-21(29)17-5-3-4-6-18(17)23/h2-6,14,16,20H,1,7-13,15H2,(H,24,29)(H,25,26,27). The molecule has 1 aliphatic heterocycles. The SMILES string of the molecule is C=CC(c1cn[nH]n1)S(=O)(=O)N1CCC(CNC(=O)c2ccccc2Cl)(CC2CC2)CC1. The smallest absolute Gasteiger partial charge is 0.252 e. The van der Waals surface area contributed by atoms with Crippen LogP contribution >= 0.6 is 11.6 Å². The third-order valence-electron chi connectivity index (χ3n) is 6.56. The van der Waals surface area contributed by atoms with Gasteiger partial charge in [-0.2, -0.15) is 15.4 Å². The summed E-state index contributed by atoms with van der Waals surface area (Å²) >= 11 is 6.17. The lowest BCUT2D eigenvalue weighted by Gasteiger charge is -2.42. The summed E-state index contributed by atoms with van der Waals surface area (Å²) < 4.78 is 28.0. The molecule has 1 aromatic carbocycles. The van der Waals surface area contributed by atoms with Crippen molar-refractivity contribution in [2.24, 2.45) is 11.3 Å². The van der Waals surface area contributed by atoms with E-state index < -0.39 is 15.3 Å². The molecular formula is C22H28ClN5O3S. The summed E-state index contributed by atoms with van der Waals surface area (Å²) in [6, 6.07) is 6.98. The molecule has 32 heavy (non-hydrogen) atoms. The highest BCUT2D eigenvalue weighted by Gasteiger charge is 2.43. The van der Waals surface area contributed by atoms with Crippen LogP contribution in [-0.2, 0) is 10.0 Å². The summed E-state index contributed by atoms with van der Waals surface area (Å²) in [4.78, 5) is 12.7. The topological polar surface area (TPSA) is 108 Å². The number of rotatable bonds is 9. The van der Waals surface area contributed by atoms with Crippen LogP contribution in [0.2, 0.25) is 5.02 Å². The molecule has 0 spiro atoms. The minimum Gasteiger partial charge on any atom is -0.351 e. The summed E-state index contributed by atoms with van der Waals surface area (Å²) in [5.74, 6) is 0.463. The van der Waals surface area contributed by atoms with E-state index in [4.69, 9.17) is 11.6 Å². The molecule has 2 aromatic rings. The van der Waals surface area contributed by atoms with Crippen LogP contribution in [0.4, 0.5) is 0 Å². The van der Waals surface area contributed by atoms with Gasteiger partial charge in [-0.1, -0.05) is 42.7 Å². The number of H-pyrrole nitrogens is 1. The van der Waals surface area contributed by atoms with Crippen molar-refractivity contribution in [2.75, 3.05) is 19.6 Å².